The summed E-state index contributed by atoms with van der Waals surface area (Å²) < 4.78 is 5.71. The number of rotatable bonds is 54. The molecule has 0 aromatic carbocycles. The Hall–Kier alpha value is -0.830. The van der Waals surface area contributed by atoms with Crippen LogP contribution < -0.4 is 0 Å². The third-order valence-electron chi connectivity index (χ3n) is 14.8. The molecule has 0 bridgehead atoms. The first-order valence-electron chi connectivity index (χ1n) is 30.3. The van der Waals surface area contributed by atoms with E-state index in [2.05, 4.69) is 59.7 Å². The number of carbonyl (C=O) groups excluding carboxylic acids is 1. The van der Waals surface area contributed by atoms with E-state index in [1.54, 1.807) is 5.57 Å². The SMILES string of the molecule is CCCCCCCCCCCCCCCCCCC(CCCCCCCC=C(CCCCCCCCCC)CCCCCCCCCCC)CC(C)CC(C)C(=O)OCCCCN(C)C. The van der Waals surface area contributed by atoms with E-state index in [0.717, 1.165) is 31.7 Å². The summed E-state index contributed by atoms with van der Waals surface area (Å²) in [7, 11) is 4.21. The van der Waals surface area contributed by atoms with Crippen molar-refractivity contribution in [3.63, 3.8) is 0 Å². The van der Waals surface area contributed by atoms with E-state index in [-0.39, 0.29) is 11.9 Å². The van der Waals surface area contributed by atoms with Crippen LogP contribution in [0.15, 0.2) is 11.6 Å². The molecule has 0 N–H and O–H groups in total. The second-order valence-electron chi connectivity index (χ2n) is 22.1. The molecule has 0 aliphatic carbocycles. The molecule has 0 aromatic rings. The maximum absolute atomic E-state index is 12.8. The number of hydrogen-bond donors (Lipinski definition) is 0. The molecule has 3 heteroatoms. The molecule has 3 atom stereocenters. The normalized spacial score (nSPS) is 13.5. The quantitative estimate of drug-likeness (QED) is 0.0346. The molecule has 388 valence electrons. The van der Waals surface area contributed by atoms with Crippen LogP contribution >= 0.6 is 0 Å². The minimum absolute atomic E-state index is 0.00930. The van der Waals surface area contributed by atoms with Crippen LogP contribution in [0.5, 0.6) is 0 Å². The number of allylic oxidation sites excluding steroid dienone is 2. The highest BCUT2D eigenvalue weighted by molar-refractivity contribution is 5.71. The molecule has 3 unspecified atom stereocenters. The number of ether oxygens (including phenoxy) is 1. The van der Waals surface area contributed by atoms with Crippen LogP contribution in [0.1, 0.15) is 336 Å². The van der Waals surface area contributed by atoms with E-state index < -0.39 is 0 Å². The largest absolute Gasteiger partial charge is 0.465 e. The molecule has 0 heterocycles. The average Bonchev–Trinajstić information content (AvgIpc) is 3.29. The summed E-state index contributed by atoms with van der Waals surface area (Å²) in [5.74, 6) is 1.43. The Morgan fingerprint density at radius 3 is 1.17 bits per heavy atom. The Labute approximate surface area is 411 Å². The van der Waals surface area contributed by atoms with Gasteiger partial charge < -0.3 is 9.64 Å². The first kappa shape index (κ1) is 64.2. The van der Waals surface area contributed by atoms with Gasteiger partial charge in [-0.2, -0.15) is 0 Å². The predicted molar refractivity (Wildman–Crippen MR) is 293 cm³/mol. The van der Waals surface area contributed by atoms with Gasteiger partial charge >= 0.3 is 5.97 Å². The van der Waals surface area contributed by atoms with Crippen LogP contribution in [0.4, 0.5) is 0 Å². The maximum Gasteiger partial charge on any atom is 0.308 e. The highest BCUT2D eigenvalue weighted by Gasteiger charge is 2.20. The summed E-state index contributed by atoms with van der Waals surface area (Å²) in [5, 5.41) is 0. The van der Waals surface area contributed by atoms with Crippen LogP contribution in [0.25, 0.3) is 0 Å². The minimum Gasteiger partial charge on any atom is -0.465 e. The average molecular weight is 915 g/mol. The number of esters is 1. The van der Waals surface area contributed by atoms with Crippen molar-refractivity contribution in [2.24, 2.45) is 17.8 Å². The number of nitrogens with zero attached hydrogens (tertiary/aromatic N) is 1. The molecule has 0 fully saturated rings. The molecule has 0 amide bonds. The Morgan fingerprint density at radius 2 is 0.785 bits per heavy atom. The van der Waals surface area contributed by atoms with Gasteiger partial charge in [0.05, 0.1) is 12.5 Å². The molecule has 0 rings (SSSR count). The monoisotopic (exact) mass is 914 g/mol. The highest BCUT2D eigenvalue weighted by atomic mass is 16.5. The van der Waals surface area contributed by atoms with E-state index in [0.29, 0.717) is 12.5 Å². The topological polar surface area (TPSA) is 29.5 Å². The second-order valence-corrected chi connectivity index (χ2v) is 22.1. The summed E-state index contributed by atoms with van der Waals surface area (Å²) in [6.07, 6.45) is 68.0. The first-order valence-corrected chi connectivity index (χ1v) is 30.3. The maximum atomic E-state index is 12.8. The molecule has 0 saturated heterocycles. The zero-order valence-electron chi connectivity index (χ0n) is 46.2. The van der Waals surface area contributed by atoms with Crippen molar-refractivity contribution in [1.82, 2.24) is 4.90 Å². The predicted octanol–water partition coefficient (Wildman–Crippen LogP) is 21.3. The molecule has 0 aliphatic rings. The zero-order valence-corrected chi connectivity index (χ0v) is 46.2. The smallest absolute Gasteiger partial charge is 0.308 e. The van der Waals surface area contributed by atoms with Gasteiger partial charge in [0.25, 0.3) is 0 Å². The van der Waals surface area contributed by atoms with E-state index in [9.17, 15) is 4.79 Å². The van der Waals surface area contributed by atoms with Gasteiger partial charge in [-0.05, 0) is 96.7 Å². The molecule has 3 nitrogen and oxygen atoms in total. The lowest BCUT2D eigenvalue weighted by Gasteiger charge is -2.23. The van der Waals surface area contributed by atoms with Crippen LogP contribution in [0.3, 0.4) is 0 Å². The molecular formula is C62H123NO2. The van der Waals surface area contributed by atoms with Crippen molar-refractivity contribution in [2.75, 3.05) is 27.2 Å². The van der Waals surface area contributed by atoms with Gasteiger partial charge in [-0.1, -0.05) is 284 Å². The Morgan fingerprint density at radius 1 is 0.431 bits per heavy atom. The second kappa shape index (κ2) is 52.5. The summed E-state index contributed by atoms with van der Waals surface area (Å²) in [4.78, 5) is 15.0. The summed E-state index contributed by atoms with van der Waals surface area (Å²) in [6.45, 7) is 13.1. The number of unbranched alkanes of at least 4 members (excludes halogenated alkanes) is 36. The first-order chi connectivity index (χ1) is 31.8. The fraction of sp³-hybridized carbons (Fsp3) is 0.952. The van der Waals surface area contributed by atoms with Crippen molar-refractivity contribution in [1.29, 1.82) is 0 Å². The van der Waals surface area contributed by atoms with Crippen molar-refractivity contribution in [3.8, 4) is 0 Å². The van der Waals surface area contributed by atoms with Crippen molar-refractivity contribution < 1.29 is 9.53 Å². The van der Waals surface area contributed by atoms with Gasteiger partial charge in [0.1, 0.15) is 0 Å². The fourth-order valence-electron chi connectivity index (χ4n) is 10.5. The van der Waals surface area contributed by atoms with Gasteiger partial charge in [-0.3, -0.25) is 4.79 Å². The Bertz CT molecular complexity index is 958. The number of hydrogen-bond acceptors (Lipinski definition) is 3. The van der Waals surface area contributed by atoms with Crippen LogP contribution in [-0.4, -0.2) is 38.1 Å². The van der Waals surface area contributed by atoms with E-state index in [1.165, 1.54) is 283 Å². The van der Waals surface area contributed by atoms with Crippen molar-refractivity contribution >= 4 is 5.97 Å². The van der Waals surface area contributed by atoms with E-state index in [1.807, 2.05) is 0 Å². The van der Waals surface area contributed by atoms with Gasteiger partial charge in [0.2, 0.25) is 0 Å². The third kappa shape index (κ3) is 49.4. The lowest BCUT2D eigenvalue weighted by atomic mass is 9.83. The summed E-state index contributed by atoms with van der Waals surface area (Å²) in [5.41, 5.74) is 1.80. The Kier molecular flexibility index (Phi) is 51.9. The highest BCUT2D eigenvalue weighted by Crippen LogP contribution is 2.29. The van der Waals surface area contributed by atoms with Gasteiger partial charge in [0, 0.05) is 0 Å². The van der Waals surface area contributed by atoms with Gasteiger partial charge in [0.15, 0.2) is 0 Å². The molecule has 0 aliphatic heterocycles. The van der Waals surface area contributed by atoms with Gasteiger partial charge in [-0.25, -0.2) is 0 Å². The van der Waals surface area contributed by atoms with E-state index >= 15 is 0 Å². The Balaban J connectivity index is 4.73. The lowest BCUT2D eigenvalue weighted by molar-refractivity contribution is -0.148. The van der Waals surface area contributed by atoms with Crippen LogP contribution in [-0.2, 0) is 9.53 Å². The van der Waals surface area contributed by atoms with Crippen LogP contribution in [0, 0.1) is 17.8 Å². The minimum atomic E-state index is 0.00930. The van der Waals surface area contributed by atoms with E-state index in [4.69, 9.17) is 4.74 Å². The van der Waals surface area contributed by atoms with Crippen LogP contribution in [0.2, 0.25) is 0 Å². The molecule has 65 heavy (non-hydrogen) atoms. The molecule has 0 aromatic heterocycles. The zero-order chi connectivity index (χ0) is 47.5. The molecule has 0 radical (unpaired) electrons. The van der Waals surface area contributed by atoms with Crippen molar-refractivity contribution in [2.45, 2.75) is 336 Å². The van der Waals surface area contributed by atoms with Crippen molar-refractivity contribution in [3.05, 3.63) is 11.6 Å². The molecule has 0 spiro atoms. The summed E-state index contributed by atoms with van der Waals surface area (Å²) >= 11 is 0. The molecular weight excluding hydrogens is 791 g/mol. The standard InChI is InChI=1S/C62H123NO2/c1-8-11-14-17-20-23-24-25-26-27-28-29-31-34-40-45-52-61(57-58(4)56-59(5)62(64)65-55-48-47-54-63(6)7)53-46-41-36-35-39-44-51-60(49-42-37-32-22-19-16-13-10-3)50-43-38-33-30-21-18-15-12-9-2/h51,58-59,61H,8-50,52-57H2,1-7H3. The third-order valence-corrected chi connectivity index (χ3v) is 14.8. The molecule has 0 saturated carbocycles. The number of carbonyl (C=O) groups is 1. The lowest BCUT2D eigenvalue weighted by Crippen LogP contribution is -2.20. The summed E-state index contributed by atoms with van der Waals surface area (Å²) in [6, 6.07) is 0. The van der Waals surface area contributed by atoms with Gasteiger partial charge in [-0.15, -0.1) is 0 Å². The fourth-order valence-corrected chi connectivity index (χ4v) is 10.5.